The summed E-state index contributed by atoms with van der Waals surface area (Å²) >= 11 is 0. The fourth-order valence-electron chi connectivity index (χ4n) is 1.29. The monoisotopic (exact) mass is 250 g/mol. The highest BCUT2D eigenvalue weighted by Crippen LogP contribution is 2.42. The van der Waals surface area contributed by atoms with Gasteiger partial charge in [-0.25, -0.2) is 0 Å². The molecule has 0 fully saturated rings. The van der Waals surface area contributed by atoms with Gasteiger partial charge in [-0.15, -0.1) is 0 Å². The highest BCUT2D eigenvalue weighted by Gasteiger charge is 2.35. The number of carbonyl (C=O) groups is 1. The van der Waals surface area contributed by atoms with Gasteiger partial charge in [-0.1, -0.05) is 6.07 Å². The maximum Gasteiger partial charge on any atom is 0.420 e. The number of rotatable bonds is 3. The minimum Gasteiger partial charge on any atom is -0.504 e. The maximum atomic E-state index is 12.3. The van der Waals surface area contributed by atoms with Gasteiger partial charge in [0.2, 0.25) is 0 Å². The zero-order valence-electron chi connectivity index (χ0n) is 8.45. The summed E-state index contributed by atoms with van der Waals surface area (Å²) in [6.07, 6.45) is -5.28. The number of aryl methyl sites for hydroxylation is 1. The van der Waals surface area contributed by atoms with Crippen LogP contribution in [-0.2, 0) is 17.4 Å². The van der Waals surface area contributed by atoms with Gasteiger partial charge in [0.05, 0.1) is 0 Å². The van der Waals surface area contributed by atoms with Crippen LogP contribution in [0.1, 0.15) is 17.5 Å². The van der Waals surface area contributed by atoms with Gasteiger partial charge >= 0.3 is 12.1 Å². The van der Waals surface area contributed by atoms with Crippen molar-refractivity contribution in [1.82, 2.24) is 0 Å². The third kappa shape index (κ3) is 3.02. The fraction of sp³-hybridized carbons (Fsp3) is 0.300. The summed E-state index contributed by atoms with van der Waals surface area (Å²) in [5.41, 5.74) is -1.40. The number of phenolic OH excluding ortho intramolecular Hbond substituents is 2. The minimum absolute atomic E-state index is 0.0436. The van der Waals surface area contributed by atoms with E-state index in [0.717, 1.165) is 6.07 Å². The van der Waals surface area contributed by atoms with Crippen LogP contribution < -0.4 is 0 Å². The molecule has 1 aromatic carbocycles. The van der Waals surface area contributed by atoms with Crippen LogP contribution in [0.25, 0.3) is 0 Å². The Morgan fingerprint density at radius 2 is 1.76 bits per heavy atom. The second-order valence-electron chi connectivity index (χ2n) is 3.36. The average Bonchev–Trinajstić information content (AvgIpc) is 2.18. The zero-order valence-corrected chi connectivity index (χ0v) is 8.45. The molecule has 0 heterocycles. The summed E-state index contributed by atoms with van der Waals surface area (Å²) in [6, 6.07) is 1.55. The molecule has 1 rings (SSSR count). The number of halogens is 3. The average molecular weight is 250 g/mol. The largest absolute Gasteiger partial charge is 0.504 e. The molecular weight excluding hydrogens is 241 g/mol. The lowest BCUT2D eigenvalue weighted by Crippen LogP contribution is -2.06. The van der Waals surface area contributed by atoms with E-state index in [1.807, 2.05) is 0 Å². The molecule has 0 radical (unpaired) electrons. The van der Waals surface area contributed by atoms with Gasteiger partial charge in [-0.05, 0) is 18.1 Å². The van der Waals surface area contributed by atoms with Gasteiger partial charge in [0.1, 0.15) is 5.56 Å². The van der Waals surface area contributed by atoms with Crippen LogP contribution in [0.2, 0.25) is 0 Å². The maximum absolute atomic E-state index is 12.3. The Morgan fingerprint density at radius 3 is 2.24 bits per heavy atom. The molecule has 0 aromatic heterocycles. The van der Waals surface area contributed by atoms with Crippen molar-refractivity contribution in [2.45, 2.75) is 19.0 Å². The molecule has 0 aliphatic carbocycles. The molecule has 0 spiro atoms. The Bertz CT molecular complexity index is 440. The van der Waals surface area contributed by atoms with E-state index in [2.05, 4.69) is 0 Å². The Labute approximate surface area is 93.9 Å². The molecule has 1 aromatic rings. The molecular formula is C10H9F3O4. The predicted molar refractivity (Wildman–Crippen MR) is 50.7 cm³/mol. The van der Waals surface area contributed by atoms with Gasteiger partial charge in [-0.2, -0.15) is 13.2 Å². The lowest BCUT2D eigenvalue weighted by atomic mass is 10.0. The van der Waals surface area contributed by atoms with E-state index in [4.69, 9.17) is 10.2 Å². The van der Waals surface area contributed by atoms with Gasteiger partial charge in [0.15, 0.2) is 11.5 Å². The van der Waals surface area contributed by atoms with Crippen LogP contribution in [0.4, 0.5) is 13.2 Å². The molecule has 0 aliphatic heterocycles. The zero-order chi connectivity index (χ0) is 13.2. The fourth-order valence-corrected chi connectivity index (χ4v) is 1.29. The first kappa shape index (κ1) is 13.1. The lowest BCUT2D eigenvalue weighted by molar-refractivity contribution is -0.139. The van der Waals surface area contributed by atoms with Crippen LogP contribution in [0, 0.1) is 0 Å². The Balaban J connectivity index is 3.07. The van der Waals surface area contributed by atoms with Crippen molar-refractivity contribution in [2.75, 3.05) is 0 Å². The van der Waals surface area contributed by atoms with Crippen molar-refractivity contribution >= 4 is 5.97 Å². The highest BCUT2D eigenvalue weighted by molar-refractivity contribution is 5.67. The molecule has 3 N–H and O–H groups in total. The minimum atomic E-state index is -4.77. The van der Waals surface area contributed by atoms with E-state index >= 15 is 0 Å². The van der Waals surface area contributed by atoms with Gasteiger partial charge < -0.3 is 15.3 Å². The number of carboxylic acids is 1. The second kappa shape index (κ2) is 4.52. The smallest absolute Gasteiger partial charge is 0.420 e. The Morgan fingerprint density at radius 1 is 1.18 bits per heavy atom. The molecule has 7 heteroatoms. The molecule has 0 saturated carbocycles. The van der Waals surface area contributed by atoms with Gasteiger partial charge in [-0.3, -0.25) is 4.79 Å². The Kier molecular flexibility index (Phi) is 3.50. The topological polar surface area (TPSA) is 77.8 Å². The second-order valence-corrected chi connectivity index (χ2v) is 3.36. The van der Waals surface area contributed by atoms with Crippen LogP contribution in [0.15, 0.2) is 12.1 Å². The summed E-state index contributed by atoms with van der Waals surface area (Å²) in [7, 11) is 0. The SMILES string of the molecule is O=C(O)CCc1ccc(C(F)(F)F)c(O)c1O. The van der Waals surface area contributed by atoms with Crippen molar-refractivity contribution in [1.29, 1.82) is 0 Å². The number of aliphatic carboxylic acids is 1. The molecule has 0 amide bonds. The third-order valence-corrected chi connectivity index (χ3v) is 2.15. The van der Waals surface area contributed by atoms with Crippen molar-refractivity contribution in [3.05, 3.63) is 23.3 Å². The summed E-state index contributed by atoms with van der Waals surface area (Å²) in [6.45, 7) is 0. The van der Waals surface area contributed by atoms with E-state index in [0.29, 0.717) is 6.07 Å². The molecule has 94 valence electrons. The molecule has 4 nitrogen and oxygen atoms in total. The molecule has 0 aliphatic rings. The number of alkyl halides is 3. The third-order valence-electron chi connectivity index (χ3n) is 2.15. The van der Waals surface area contributed by atoms with Crippen molar-refractivity contribution < 1.29 is 33.3 Å². The van der Waals surface area contributed by atoms with Gasteiger partial charge in [0.25, 0.3) is 0 Å². The highest BCUT2D eigenvalue weighted by atomic mass is 19.4. The summed E-state index contributed by atoms with van der Waals surface area (Å²) in [4.78, 5) is 10.3. The van der Waals surface area contributed by atoms with Crippen LogP contribution in [0.5, 0.6) is 11.5 Å². The van der Waals surface area contributed by atoms with Gasteiger partial charge in [0, 0.05) is 6.42 Å². The van der Waals surface area contributed by atoms with Crippen LogP contribution in [-0.4, -0.2) is 21.3 Å². The first-order valence-electron chi connectivity index (χ1n) is 4.56. The van der Waals surface area contributed by atoms with E-state index in [-0.39, 0.29) is 18.4 Å². The number of aromatic hydroxyl groups is 2. The van der Waals surface area contributed by atoms with E-state index in [9.17, 15) is 23.1 Å². The number of phenols is 2. The van der Waals surface area contributed by atoms with E-state index in [1.54, 1.807) is 0 Å². The van der Waals surface area contributed by atoms with Crippen molar-refractivity contribution in [3.63, 3.8) is 0 Å². The van der Waals surface area contributed by atoms with Crippen molar-refractivity contribution in [3.8, 4) is 11.5 Å². The standard InChI is InChI=1S/C10H9F3O4/c11-10(12,13)6-3-1-5(2-4-7(14)15)8(16)9(6)17/h1,3,16-17H,2,4H2,(H,14,15). The first-order chi connectivity index (χ1) is 7.73. The van der Waals surface area contributed by atoms with Crippen LogP contribution in [0.3, 0.4) is 0 Å². The quantitative estimate of drug-likeness (QED) is 0.718. The predicted octanol–water partition coefficient (Wildman–Crippen LogP) is 2.13. The van der Waals surface area contributed by atoms with E-state index < -0.39 is 29.2 Å². The van der Waals surface area contributed by atoms with Crippen LogP contribution >= 0.6 is 0 Å². The summed E-state index contributed by atoms with van der Waals surface area (Å²) in [5.74, 6) is -3.36. The number of hydrogen-bond acceptors (Lipinski definition) is 3. The first-order valence-corrected chi connectivity index (χ1v) is 4.56. The summed E-state index contributed by atoms with van der Waals surface area (Å²) < 4.78 is 36.9. The lowest BCUT2D eigenvalue weighted by Gasteiger charge is -2.12. The molecule has 0 saturated heterocycles. The number of carboxylic acid groups (broad SMARTS) is 1. The normalized spacial score (nSPS) is 11.5. The molecule has 0 bridgehead atoms. The molecule has 0 atom stereocenters. The van der Waals surface area contributed by atoms with E-state index in [1.165, 1.54) is 0 Å². The number of benzene rings is 1. The Hall–Kier alpha value is -1.92. The molecule has 17 heavy (non-hydrogen) atoms. The number of hydrogen-bond donors (Lipinski definition) is 3. The molecule has 0 unspecified atom stereocenters. The summed E-state index contributed by atoms with van der Waals surface area (Å²) in [5, 5.41) is 26.9. The van der Waals surface area contributed by atoms with Crippen molar-refractivity contribution in [2.24, 2.45) is 0 Å².